The van der Waals surface area contributed by atoms with Gasteiger partial charge in [0.05, 0.1) is 0 Å². The summed E-state index contributed by atoms with van der Waals surface area (Å²) in [5.74, 6) is -1.24. The van der Waals surface area contributed by atoms with Gasteiger partial charge in [-0.25, -0.2) is 0 Å². The molecule has 4 N–H and O–H groups in total. The van der Waals surface area contributed by atoms with Gasteiger partial charge in [-0.05, 0) is 23.8 Å². The van der Waals surface area contributed by atoms with Gasteiger partial charge in [-0.1, -0.05) is 0 Å². The molecule has 2 rings (SSSR count). The van der Waals surface area contributed by atoms with Crippen LogP contribution in [0.1, 0.15) is 16.4 Å². The fourth-order valence-electron chi connectivity index (χ4n) is 1.78. The van der Waals surface area contributed by atoms with Crippen LogP contribution < -0.4 is 5.73 Å². The molecule has 0 heterocycles. The van der Waals surface area contributed by atoms with Crippen molar-refractivity contribution in [1.29, 1.82) is 0 Å². The molecule has 1 aromatic carbocycles. The predicted molar refractivity (Wildman–Crippen MR) is 60.8 cm³/mol. The van der Waals surface area contributed by atoms with E-state index in [0.717, 1.165) is 6.08 Å². The van der Waals surface area contributed by atoms with Crippen molar-refractivity contribution < 1.29 is 22.9 Å². The van der Waals surface area contributed by atoms with Crippen LogP contribution >= 0.6 is 0 Å². The topological polar surface area (TPSA) is 118 Å². The third kappa shape index (κ3) is 1.90. The molecule has 90 valence electrons. The number of allylic oxidation sites excluding steroid dienone is 1. The summed E-state index contributed by atoms with van der Waals surface area (Å²) in [6.07, 6.45) is 0.775. The fourth-order valence-corrected chi connectivity index (χ4v) is 2.66. The van der Waals surface area contributed by atoms with E-state index >= 15 is 0 Å². The lowest BCUT2D eigenvalue weighted by molar-refractivity contribution is -0.114. The van der Waals surface area contributed by atoms with Crippen LogP contribution in [0.2, 0.25) is 0 Å². The third-order valence-electron chi connectivity index (χ3n) is 2.47. The number of nitrogens with two attached hydrogens (primary N) is 1. The molecule has 0 aromatic heterocycles. The standard InChI is InChI=1S/C10H9NO5S/c11-5-1-2-6-7(3-5)10(17(14,15)16)9(13)4-8(6)12/h1-4,10,12H,11H2,(H,14,15,16). The Morgan fingerprint density at radius 3 is 2.53 bits per heavy atom. The third-order valence-corrected chi connectivity index (χ3v) is 3.55. The molecule has 1 aliphatic carbocycles. The maximum Gasteiger partial charge on any atom is 0.279 e. The van der Waals surface area contributed by atoms with Crippen LogP contribution in [0.4, 0.5) is 5.69 Å². The number of aliphatic hydroxyl groups excluding tert-OH is 1. The van der Waals surface area contributed by atoms with Crippen LogP contribution in [0.25, 0.3) is 5.76 Å². The molecule has 1 aromatic rings. The second kappa shape index (κ2) is 3.57. The van der Waals surface area contributed by atoms with E-state index in [-0.39, 0.29) is 22.6 Å². The zero-order valence-corrected chi connectivity index (χ0v) is 9.31. The first-order valence-electron chi connectivity index (χ1n) is 4.61. The molecule has 0 fully saturated rings. The van der Waals surface area contributed by atoms with Crippen LogP contribution in [0.5, 0.6) is 0 Å². The van der Waals surface area contributed by atoms with Crippen molar-refractivity contribution in [1.82, 2.24) is 0 Å². The first-order valence-corrected chi connectivity index (χ1v) is 6.11. The summed E-state index contributed by atoms with van der Waals surface area (Å²) < 4.78 is 31.4. The highest BCUT2D eigenvalue weighted by atomic mass is 32.2. The van der Waals surface area contributed by atoms with Gasteiger partial charge in [0.1, 0.15) is 5.76 Å². The van der Waals surface area contributed by atoms with Gasteiger partial charge < -0.3 is 10.8 Å². The lowest BCUT2D eigenvalue weighted by Crippen LogP contribution is -2.24. The Balaban J connectivity index is 2.76. The van der Waals surface area contributed by atoms with E-state index in [0.29, 0.717) is 0 Å². The minimum Gasteiger partial charge on any atom is -0.507 e. The average Bonchev–Trinajstić information content (AvgIpc) is 2.14. The summed E-state index contributed by atoms with van der Waals surface area (Å²) in [4.78, 5) is 11.5. The number of fused-ring (bicyclic) bond motifs is 1. The molecule has 17 heavy (non-hydrogen) atoms. The Labute approximate surface area is 97.1 Å². The van der Waals surface area contributed by atoms with Crippen molar-refractivity contribution in [3.8, 4) is 0 Å². The molecule has 0 bridgehead atoms. The number of benzene rings is 1. The summed E-state index contributed by atoms with van der Waals surface area (Å²) in [5, 5.41) is 7.80. The number of aliphatic hydroxyl groups is 1. The van der Waals surface area contributed by atoms with Gasteiger partial charge in [-0.2, -0.15) is 8.42 Å². The number of carbonyl (C=O) groups is 1. The molecule has 0 saturated heterocycles. The highest BCUT2D eigenvalue weighted by molar-refractivity contribution is 7.86. The van der Waals surface area contributed by atoms with Gasteiger partial charge in [0.15, 0.2) is 11.0 Å². The molecular weight excluding hydrogens is 246 g/mol. The van der Waals surface area contributed by atoms with Gasteiger partial charge in [-0.15, -0.1) is 0 Å². The molecule has 0 saturated carbocycles. The predicted octanol–water partition coefficient (Wildman–Crippen LogP) is 0.679. The van der Waals surface area contributed by atoms with Crippen molar-refractivity contribution in [2.24, 2.45) is 0 Å². The van der Waals surface area contributed by atoms with E-state index in [1.54, 1.807) is 0 Å². The second-order valence-corrected chi connectivity index (χ2v) is 5.17. The zero-order chi connectivity index (χ0) is 12.8. The van der Waals surface area contributed by atoms with E-state index in [9.17, 15) is 18.3 Å². The van der Waals surface area contributed by atoms with Crippen molar-refractivity contribution in [2.75, 3.05) is 5.73 Å². The van der Waals surface area contributed by atoms with Crippen molar-refractivity contribution in [2.45, 2.75) is 5.25 Å². The largest absolute Gasteiger partial charge is 0.507 e. The Bertz CT molecular complexity index is 632. The Morgan fingerprint density at radius 1 is 1.29 bits per heavy atom. The van der Waals surface area contributed by atoms with E-state index in [1.165, 1.54) is 18.2 Å². The number of hydrogen-bond acceptors (Lipinski definition) is 5. The summed E-state index contributed by atoms with van der Waals surface area (Å²) in [6, 6.07) is 4.09. The normalized spacial score (nSPS) is 19.7. The molecular formula is C10H9NO5S. The molecule has 0 aliphatic heterocycles. The number of ketones is 1. The van der Waals surface area contributed by atoms with Crippen molar-refractivity contribution in [3.05, 3.63) is 35.4 Å². The van der Waals surface area contributed by atoms with E-state index < -0.39 is 21.2 Å². The summed E-state index contributed by atoms with van der Waals surface area (Å²) in [7, 11) is -4.59. The molecule has 7 heteroatoms. The summed E-state index contributed by atoms with van der Waals surface area (Å²) in [6.45, 7) is 0. The highest BCUT2D eigenvalue weighted by Crippen LogP contribution is 2.35. The van der Waals surface area contributed by atoms with E-state index in [2.05, 4.69) is 0 Å². The van der Waals surface area contributed by atoms with Gasteiger partial charge >= 0.3 is 0 Å². The fraction of sp³-hybridized carbons (Fsp3) is 0.100. The Hall–Kier alpha value is -1.86. The van der Waals surface area contributed by atoms with Crippen LogP contribution in [-0.4, -0.2) is 23.9 Å². The number of nitrogen functional groups attached to an aromatic ring is 1. The van der Waals surface area contributed by atoms with Crippen molar-refractivity contribution >= 4 is 27.3 Å². The maximum absolute atomic E-state index is 11.5. The SMILES string of the molecule is Nc1ccc2c(c1)C(S(=O)(=O)O)C(=O)C=C2O. The smallest absolute Gasteiger partial charge is 0.279 e. The number of carbonyl (C=O) groups excluding carboxylic acids is 1. The molecule has 1 aliphatic rings. The number of rotatable bonds is 1. The average molecular weight is 255 g/mol. The quantitative estimate of drug-likeness (QED) is 0.501. The van der Waals surface area contributed by atoms with Gasteiger partial charge in [0.25, 0.3) is 10.1 Å². The zero-order valence-electron chi connectivity index (χ0n) is 8.49. The molecule has 0 amide bonds. The minimum atomic E-state index is -4.59. The summed E-state index contributed by atoms with van der Waals surface area (Å²) in [5.41, 5.74) is 5.88. The second-order valence-electron chi connectivity index (χ2n) is 3.67. The maximum atomic E-state index is 11.5. The Morgan fingerprint density at radius 2 is 1.94 bits per heavy atom. The van der Waals surface area contributed by atoms with Crippen LogP contribution in [-0.2, 0) is 14.9 Å². The molecule has 0 spiro atoms. The Kier molecular flexibility index (Phi) is 2.44. The number of hydrogen-bond donors (Lipinski definition) is 3. The first kappa shape index (κ1) is 11.6. The van der Waals surface area contributed by atoms with Gasteiger partial charge in [0, 0.05) is 17.3 Å². The van der Waals surface area contributed by atoms with Crippen LogP contribution in [0.15, 0.2) is 24.3 Å². The van der Waals surface area contributed by atoms with Crippen molar-refractivity contribution in [3.63, 3.8) is 0 Å². The lowest BCUT2D eigenvalue weighted by Gasteiger charge is -2.20. The molecule has 6 nitrogen and oxygen atoms in total. The summed E-state index contributed by atoms with van der Waals surface area (Å²) >= 11 is 0. The molecule has 1 unspecified atom stereocenters. The van der Waals surface area contributed by atoms with Gasteiger partial charge in [0.2, 0.25) is 0 Å². The molecule has 1 atom stereocenters. The van der Waals surface area contributed by atoms with Crippen LogP contribution in [0.3, 0.4) is 0 Å². The minimum absolute atomic E-state index is 0.0162. The monoisotopic (exact) mass is 255 g/mol. The first-order chi connectivity index (χ1) is 7.80. The number of anilines is 1. The lowest BCUT2D eigenvalue weighted by atomic mass is 9.94. The highest BCUT2D eigenvalue weighted by Gasteiger charge is 2.37. The van der Waals surface area contributed by atoms with Gasteiger partial charge in [-0.3, -0.25) is 9.35 Å². The van der Waals surface area contributed by atoms with Crippen LogP contribution in [0, 0.1) is 0 Å². The van der Waals surface area contributed by atoms with E-state index in [4.69, 9.17) is 10.3 Å². The van der Waals surface area contributed by atoms with E-state index in [1.807, 2.05) is 0 Å². The molecule has 0 radical (unpaired) electrons.